The molecule has 0 fully saturated rings. The minimum Gasteiger partial charge on any atom is -0.465 e. The summed E-state index contributed by atoms with van der Waals surface area (Å²) in [5, 5.41) is 2.74. The summed E-state index contributed by atoms with van der Waals surface area (Å²) in [5.74, 6) is -0.820. The predicted molar refractivity (Wildman–Crippen MR) is 119 cm³/mol. The number of esters is 1. The maximum atomic E-state index is 12.6. The van der Waals surface area contributed by atoms with Crippen molar-refractivity contribution in [2.75, 3.05) is 17.1 Å². The van der Waals surface area contributed by atoms with E-state index in [1.54, 1.807) is 67.6 Å². The molecule has 1 amide bonds. The van der Waals surface area contributed by atoms with E-state index >= 15 is 0 Å². The summed E-state index contributed by atoms with van der Waals surface area (Å²) in [6, 6.07) is 17.5. The fourth-order valence-corrected chi connectivity index (χ4v) is 3.98. The van der Waals surface area contributed by atoms with Gasteiger partial charge in [0.2, 0.25) is 0 Å². The molecule has 8 heteroatoms. The summed E-state index contributed by atoms with van der Waals surface area (Å²) >= 11 is 0. The van der Waals surface area contributed by atoms with Crippen LogP contribution < -0.4 is 10.0 Å². The molecule has 7 nitrogen and oxygen atoms in total. The number of aryl methyl sites for hydroxylation is 2. The van der Waals surface area contributed by atoms with Gasteiger partial charge in [0, 0.05) is 11.3 Å². The van der Waals surface area contributed by atoms with Crippen LogP contribution in [-0.4, -0.2) is 27.4 Å². The Morgan fingerprint density at radius 2 is 1.45 bits per heavy atom. The van der Waals surface area contributed by atoms with Gasteiger partial charge in [-0.05, 0) is 74.0 Å². The van der Waals surface area contributed by atoms with Gasteiger partial charge in [0.15, 0.2) is 0 Å². The van der Waals surface area contributed by atoms with Crippen LogP contribution in [0, 0.1) is 13.8 Å². The normalized spacial score (nSPS) is 10.9. The van der Waals surface area contributed by atoms with Crippen LogP contribution in [0.15, 0.2) is 71.6 Å². The molecular weight excluding hydrogens is 416 g/mol. The first kappa shape index (κ1) is 22.0. The number of hydrogen-bond donors (Lipinski definition) is 2. The van der Waals surface area contributed by atoms with E-state index in [1.807, 2.05) is 6.92 Å². The van der Waals surface area contributed by atoms with E-state index in [2.05, 4.69) is 14.8 Å². The molecule has 0 spiro atoms. The molecular formula is C23H22N2O5S. The molecule has 0 saturated heterocycles. The third kappa shape index (κ3) is 5.29. The average Bonchev–Trinajstić information content (AvgIpc) is 2.75. The smallest absolute Gasteiger partial charge is 0.337 e. The van der Waals surface area contributed by atoms with Crippen molar-refractivity contribution in [2.45, 2.75) is 18.7 Å². The molecule has 0 bridgehead atoms. The van der Waals surface area contributed by atoms with Crippen LogP contribution in [0.4, 0.5) is 11.4 Å². The molecule has 0 unspecified atom stereocenters. The highest BCUT2D eigenvalue weighted by molar-refractivity contribution is 7.92. The number of amides is 1. The van der Waals surface area contributed by atoms with Crippen LogP contribution in [0.5, 0.6) is 0 Å². The quantitative estimate of drug-likeness (QED) is 0.563. The monoisotopic (exact) mass is 438 g/mol. The lowest BCUT2D eigenvalue weighted by Gasteiger charge is -2.12. The highest BCUT2D eigenvalue weighted by Crippen LogP contribution is 2.22. The van der Waals surface area contributed by atoms with Gasteiger partial charge < -0.3 is 10.1 Å². The van der Waals surface area contributed by atoms with Gasteiger partial charge in [0.1, 0.15) is 0 Å². The molecule has 0 aliphatic rings. The number of rotatable bonds is 6. The first-order valence-corrected chi connectivity index (χ1v) is 10.9. The maximum absolute atomic E-state index is 12.6. The molecule has 0 aromatic heterocycles. The van der Waals surface area contributed by atoms with Gasteiger partial charge in [-0.1, -0.05) is 17.7 Å². The van der Waals surface area contributed by atoms with E-state index in [0.29, 0.717) is 28.1 Å². The lowest BCUT2D eigenvalue weighted by atomic mass is 10.1. The number of carbonyl (C=O) groups excluding carboxylic acids is 2. The molecule has 0 heterocycles. The lowest BCUT2D eigenvalue weighted by molar-refractivity contribution is 0.0600. The van der Waals surface area contributed by atoms with E-state index < -0.39 is 16.0 Å². The molecule has 160 valence electrons. The van der Waals surface area contributed by atoms with Gasteiger partial charge in [-0.15, -0.1) is 0 Å². The summed E-state index contributed by atoms with van der Waals surface area (Å²) in [6.45, 7) is 3.60. The van der Waals surface area contributed by atoms with Crippen LogP contribution in [0.25, 0.3) is 0 Å². The Balaban J connectivity index is 1.73. The highest BCUT2D eigenvalue weighted by Gasteiger charge is 2.16. The van der Waals surface area contributed by atoms with Gasteiger partial charge >= 0.3 is 5.97 Å². The van der Waals surface area contributed by atoms with E-state index in [1.165, 1.54) is 13.2 Å². The van der Waals surface area contributed by atoms with Gasteiger partial charge in [-0.3, -0.25) is 9.52 Å². The van der Waals surface area contributed by atoms with Crippen LogP contribution in [0.3, 0.4) is 0 Å². The van der Waals surface area contributed by atoms with E-state index in [9.17, 15) is 18.0 Å². The topological polar surface area (TPSA) is 102 Å². The number of nitrogens with one attached hydrogen (secondary N) is 2. The zero-order valence-electron chi connectivity index (χ0n) is 17.3. The molecule has 0 saturated carbocycles. The molecule has 0 aliphatic heterocycles. The van der Waals surface area contributed by atoms with Gasteiger partial charge in [0.05, 0.1) is 23.3 Å². The minimum absolute atomic E-state index is 0.162. The Bertz CT molecular complexity index is 1220. The number of methoxy groups -OCH3 is 1. The maximum Gasteiger partial charge on any atom is 0.337 e. The Kier molecular flexibility index (Phi) is 6.41. The Morgan fingerprint density at radius 1 is 0.839 bits per heavy atom. The zero-order valence-corrected chi connectivity index (χ0v) is 18.1. The molecule has 3 aromatic carbocycles. The van der Waals surface area contributed by atoms with Gasteiger partial charge in [0.25, 0.3) is 15.9 Å². The standard InChI is InChI=1S/C23H22N2O5S/c1-15-4-11-20(12-5-15)31(28,29)25-21-13-8-18(14-16(21)2)22(26)24-19-9-6-17(7-10-19)23(27)30-3/h4-14,25H,1-3H3,(H,24,26). The number of hydrogen-bond acceptors (Lipinski definition) is 5. The van der Waals surface area contributed by atoms with Crippen LogP contribution >= 0.6 is 0 Å². The SMILES string of the molecule is COC(=O)c1ccc(NC(=O)c2ccc(NS(=O)(=O)c3ccc(C)cc3)c(C)c2)cc1. The van der Waals surface area contributed by atoms with Crippen molar-refractivity contribution in [3.05, 3.63) is 89.0 Å². The molecule has 3 rings (SSSR count). The summed E-state index contributed by atoms with van der Waals surface area (Å²) in [7, 11) is -2.44. The van der Waals surface area contributed by atoms with Gasteiger partial charge in [-0.25, -0.2) is 13.2 Å². The van der Waals surface area contributed by atoms with Crippen molar-refractivity contribution in [1.29, 1.82) is 0 Å². The first-order chi connectivity index (χ1) is 14.7. The number of carbonyl (C=O) groups is 2. The van der Waals surface area contributed by atoms with Gasteiger partial charge in [-0.2, -0.15) is 0 Å². The van der Waals surface area contributed by atoms with Crippen molar-refractivity contribution in [3.63, 3.8) is 0 Å². The molecule has 2 N–H and O–H groups in total. The predicted octanol–water partition coefficient (Wildman–Crippen LogP) is 4.14. The molecule has 0 radical (unpaired) electrons. The number of anilines is 2. The summed E-state index contributed by atoms with van der Waals surface area (Å²) in [4.78, 5) is 24.2. The molecule has 3 aromatic rings. The molecule has 0 aliphatic carbocycles. The average molecular weight is 439 g/mol. The summed E-state index contributed by atoms with van der Waals surface area (Å²) in [6.07, 6.45) is 0. The lowest BCUT2D eigenvalue weighted by Crippen LogP contribution is -2.15. The van der Waals surface area contributed by atoms with E-state index in [-0.39, 0.29) is 10.8 Å². The number of sulfonamides is 1. The van der Waals surface area contributed by atoms with Crippen molar-refractivity contribution < 1.29 is 22.7 Å². The summed E-state index contributed by atoms with van der Waals surface area (Å²) in [5.41, 5.74) is 3.21. The Morgan fingerprint density at radius 3 is 2.03 bits per heavy atom. The van der Waals surface area contributed by atoms with Crippen molar-refractivity contribution in [2.24, 2.45) is 0 Å². The number of ether oxygens (including phenoxy) is 1. The third-order valence-electron chi connectivity index (χ3n) is 4.63. The fraction of sp³-hybridized carbons (Fsp3) is 0.130. The third-order valence-corrected chi connectivity index (χ3v) is 6.01. The second kappa shape index (κ2) is 9.01. The fourth-order valence-electron chi connectivity index (χ4n) is 2.85. The molecule has 0 atom stereocenters. The second-order valence-electron chi connectivity index (χ2n) is 6.97. The van der Waals surface area contributed by atoms with E-state index in [4.69, 9.17) is 0 Å². The Hall–Kier alpha value is -3.65. The Labute approximate surface area is 181 Å². The minimum atomic E-state index is -3.74. The van der Waals surface area contributed by atoms with E-state index in [0.717, 1.165) is 5.56 Å². The largest absolute Gasteiger partial charge is 0.465 e. The van der Waals surface area contributed by atoms with Crippen molar-refractivity contribution >= 4 is 33.3 Å². The zero-order chi connectivity index (χ0) is 22.6. The highest BCUT2D eigenvalue weighted by atomic mass is 32.2. The van der Waals surface area contributed by atoms with Crippen LogP contribution in [0.1, 0.15) is 31.8 Å². The summed E-state index contributed by atoms with van der Waals surface area (Å²) < 4.78 is 32.4. The first-order valence-electron chi connectivity index (χ1n) is 9.39. The van der Waals surface area contributed by atoms with Crippen molar-refractivity contribution in [1.82, 2.24) is 0 Å². The van der Waals surface area contributed by atoms with Crippen LogP contribution in [-0.2, 0) is 14.8 Å². The second-order valence-corrected chi connectivity index (χ2v) is 8.65. The van der Waals surface area contributed by atoms with Crippen LogP contribution in [0.2, 0.25) is 0 Å². The van der Waals surface area contributed by atoms with Crippen molar-refractivity contribution in [3.8, 4) is 0 Å². The molecule has 31 heavy (non-hydrogen) atoms. The number of benzene rings is 3.